The second-order valence-electron chi connectivity index (χ2n) is 5.40. The van der Waals surface area contributed by atoms with E-state index in [2.05, 4.69) is 15.3 Å². The van der Waals surface area contributed by atoms with Crippen molar-refractivity contribution in [3.05, 3.63) is 66.5 Å². The lowest BCUT2D eigenvalue weighted by atomic mass is 10.1. The molecule has 4 heteroatoms. The van der Waals surface area contributed by atoms with Gasteiger partial charge in [0.2, 0.25) is 5.91 Å². The fraction of sp³-hybridized carbons (Fsp3) is 0.0556. The summed E-state index contributed by atoms with van der Waals surface area (Å²) in [5.74, 6) is -0.00947. The predicted octanol–water partition coefficient (Wildman–Crippen LogP) is 3.83. The number of hydrogen-bond acceptors (Lipinski definition) is 1. The van der Waals surface area contributed by atoms with Crippen molar-refractivity contribution >= 4 is 33.4 Å². The highest BCUT2D eigenvalue weighted by atomic mass is 16.1. The van der Waals surface area contributed by atoms with Gasteiger partial charge in [0.1, 0.15) is 0 Å². The summed E-state index contributed by atoms with van der Waals surface area (Å²) in [6.07, 6.45) is 4.16. The van der Waals surface area contributed by atoms with Gasteiger partial charge in [0.15, 0.2) is 0 Å². The van der Waals surface area contributed by atoms with Crippen LogP contribution in [0.5, 0.6) is 0 Å². The van der Waals surface area contributed by atoms with Crippen LogP contribution in [-0.2, 0) is 11.2 Å². The second kappa shape index (κ2) is 5.07. The summed E-state index contributed by atoms with van der Waals surface area (Å²) in [6.45, 7) is 0. The van der Waals surface area contributed by atoms with E-state index in [1.165, 1.54) is 0 Å². The van der Waals surface area contributed by atoms with Gasteiger partial charge in [0.05, 0.1) is 6.42 Å². The van der Waals surface area contributed by atoms with Crippen LogP contribution in [0.25, 0.3) is 21.8 Å². The van der Waals surface area contributed by atoms with Gasteiger partial charge in [0, 0.05) is 34.5 Å². The molecule has 0 saturated carbocycles. The molecular weight excluding hydrogens is 274 g/mol. The summed E-state index contributed by atoms with van der Waals surface area (Å²) < 4.78 is 0. The van der Waals surface area contributed by atoms with Crippen molar-refractivity contribution in [1.82, 2.24) is 9.97 Å². The maximum Gasteiger partial charge on any atom is 0.228 e. The first-order chi connectivity index (χ1) is 10.8. The summed E-state index contributed by atoms with van der Waals surface area (Å²) in [6, 6.07) is 15.9. The molecular formula is C18H15N3O. The number of carbonyl (C=O) groups excluding carboxylic acids is 1. The monoisotopic (exact) mass is 289 g/mol. The summed E-state index contributed by atoms with van der Waals surface area (Å²) in [7, 11) is 0. The highest BCUT2D eigenvalue weighted by Gasteiger charge is 2.06. The molecule has 4 aromatic rings. The smallest absolute Gasteiger partial charge is 0.228 e. The third-order valence-corrected chi connectivity index (χ3v) is 3.82. The molecule has 2 heterocycles. The third-order valence-electron chi connectivity index (χ3n) is 3.82. The minimum atomic E-state index is -0.00947. The molecule has 4 nitrogen and oxygen atoms in total. The van der Waals surface area contributed by atoms with E-state index in [4.69, 9.17) is 0 Å². The first-order valence-electron chi connectivity index (χ1n) is 7.21. The molecule has 0 saturated heterocycles. The van der Waals surface area contributed by atoms with Gasteiger partial charge < -0.3 is 15.3 Å². The van der Waals surface area contributed by atoms with Gasteiger partial charge in [-0.25, -0.2) is 0 Å². The topological polar surface area (TPSA) is 60.7 Å². The van der Waals surface area contributed by atoms with Crippen molar-refractivity contribution in [1.29, 1.82) is 0 Å². The molecule has 3 N–H and O–H groups in total. The Morgan fingerprint density at radius 2 is 1.55 bits per heavy atom. The predicted molar refractivity (Wildman–Crippen MR) is 88.9 cm³/mol. The maximum absolute atomic E-state index is 12.2. The molecule has 0 atom stereocenters. The number of hydrogen-bond donors (Lipinski definition) is 3. The minimum absolute atomic E-state index is 0.00947. The molecule has 0 spiro atoms. The zero-order valence-corrected chi connectivity index (χ0v) is 11.9. The van der Waals surface area contributed by atoms with Crippen molar-refractivity contribution in [3.63, 3.8) is 0 Å². The Labute approximate surface area is 127 Å². The van der Waals surface area contributed by atoms with Gasteiger partial charge in [-0.1, -0.05) is 6.07 Å². The quantitative estimate of drug-likeness (QED) is 0.527. The van der Waals surface area contributed by atoms with E-state index >= 15 is 0 Å². The fourth-order valence-electron chi connectivity index (χ4n) is 2.73. The first kappa shape index (κ1) is 12.7. The fourth-order valence-corrected chi connectivity index (χ4v) is 2.73. The Hall–Kier alpha value is -3.01. The van der Waals surface area contributed by atoms with Crippen molar-refractivity contribution in [2.75, 3.05) is 5.32 Å². The number of fused-ring (bicyclic) bond motifs is 2. The van der Waals surface area contributed by atoms with Crippen LogP contribution < -0.4 is 5.32 Å². The van der Waals surface area contributed by atoms with Crippen molar-refractivity contribution in [2.45, 2.75) is 6.42 Å². The van der Waals surface area contributed by atoms with E-state index in [0.717, 1.165) is 33.1 Å². The number of anilines is 1. The van der Waals surface area contributed by atoms with Gasteiger partial charge in [-0.05, 0) is 53.4 Å². The number of rotatable bonds is 3. The average molecular weight is 289 g/mol. The molecule has 0 aliphatic carbocycles. The van der Waals surface area contributed by atoms with Gasteiger partial charge >= 0.3 is 0 Å². The van der Waals surface area contributed by atoms with Crippen LogP contribution in [-0.4, -0.2) is 15.9 Å². The van der Waals surface area contributed by atoms with Crippen molar-refractivity contribution < 1.29 is 4.79 Å². The Bertz CT molecular complexity index is 886. The SMILES string of the molecule is O=C(Cc1ccc2[nH]ccc2c1)Nc1ccc2[nH]ccc2c1. The van der Waals surface area contributed by atoms with E-state index in [-0.39, 0.29) is 5.91 Å². The van der Waals surface area contributed by atoms with Crippen LogP contribution >= 0.6 is 0 Å². The number of H-pyrrole nitrogens is 2. The highest BCUT2D eigenvalue weighted by Crippen LogP contribution is 2.19. The van der Waals surface area contributed by atoms with E-state index < -0.39 is 0 Å². The Morgan fingerprint density at radius 3 is 2.32 bits per heavy atom. The molecule has 0 radical (unpaired) electrons. The molecule has 1 amide bonds. The van der Waals surface area contributed by atoms with E-state index in [1.807, 2.05) is 60.9 Å². The Balaban J connectivity index is 1.51. The van der Waals surface area contributed by atoms with Crippen LogP contribution in [0.15, 0.2) is 60.9 Å². The van der Waals surface area contributed by atoms with Gasteiger partial charge in [-0.3, -0.25) is 4.79 Å². The number of aromatic amines is 2. The zero-order valence-electron chi connectivity index (χ0n) is 11.9. The maximum atomic E-state index is 12.2. The highest BCUT2D eigenvalue weighted by molar-refractivity contribution is 5.95. The summed E-state index contributed by atoms with van der Waals surface area (Å²) in [5, 5.41) is 5.17. The first-order valence-corrected chi connectivity index (χ1v) is 7.21. The average Bonchev–Trinajstić information content (AvgIpc) is 3.14. The molecule has 0 aliphatic rings. The van der Waals surface area contributed by atoms with Crippen LogP contribution in [0, 0.1) is 0 Å². The largest absolute Gasteiger partial charge is 0.361 e. The molecule has 22 heavy (non-hydrogen) atoms. The van der Waals surface area contributed by atoms with E-state index in [1.54, 1.807) is 0 Å². The van der Waals surface area contributed by atoms with E-state index in [0.29, 0.717) is 6.42 Å². The molecule has 4 rings (SSSR count). The second-order valence-corrected chi connectivity index (χ2v) is 5.40. The lowest BCUT2D eigenvalue weighted by Crippen LogP contribution is -2.14. The number of carbonyl (C=O) groups is 1. The lowest BCUT2D eigenvalue weighted by molar-refractivity contribution is -0.115. The summed E-state index contributed by atoms with van der Waals surface area (Å²) in [5.41, 5.74) is 3.98. The summed E-state index contributed by atoms with van der Waals surface area (Å²) in [4.78, 5) is 18.5. The molecule has 0 aliphatic heterocycles. The molecule has 2 aromatic heterocycles. The normalized spacial score (nSPS) is 11.1. The van der Waals surface area contributed by atoms with Crippen LogP contribution in [0.3, 0.4) is 0 Å². The van der Waals surface area contributed by atoms with Crippen LogP contribution in [0.1, 0.15) is 5.56 Å². The number of benzene rings is 2. The Kier molecular flexibility index (Phi) is 2.93. The summed E-state index contributed by atoms with van der Waals surface area (Å²) >= 11 is 0. The molecule has 0 bridgehead atoms. The Morgan fingerprint density at radius 1 is 0.864 bits per heavy atom. The van der Waals surface area contributed by atoms with Gasteiger partial charge in [0.25, 0.3) is 0 Å². The van der Waals surface area contributed by atoms with Crippen LogP contribution in [0.2, 0.25) is 0 Å². The van der Waals surface area contributed by atoms with Crippen molar-refractivity contribution in [2.24, 2.45) is 0 Å². The molecule has 0 unspecified atom stereocenters. The molecule has 0 fully saturated rings. The lowest BCUT2D eigenvalue weighted by Gasteiger charge is -2.06. The minimum Gasteiger partial charge on any atom is -0.361 e. The van der Waals surface area contributed by atoms with Crippen molar-refractivity contribution in [3.8, 4) is 0 Å². The van der Waals surface area contributed by atoms with Gasteiger partial charge in [-0.2, -0.15) is 0 Å². The number of amides is 1. The van der Waals surface area contributed by atoms with Gasteiger partial charge in [-0.15, -0.1) is 0 Å². The standard InChI is InChI=1S/C18H15N3O/c22-18(10-12-1-3-16-13(9-12)5-7-19-16)21-15-2-4-17-14(11-15)6-8-20-17/h1-9,11,19-20H,10H2,(H,21,22). The molecule has 108 valence electrons. The zero-order chi connectivity index (χ0) is 14.9. The third kappa shape index (κ3) is 2.35. The van der Waals surface area contributed by atoms with Crippen LogP contribution in [0.4, 0.5) is 5.69 Å². The number of nitrogens with one attached hydrogen (secondary N) is 3. The van der Waals surface area contributed by atoms with E-state index in [9.17, 15) is 4.79 Å². The molecule has 2 aromatic carbocycles. The number of aromatic nitrogens is 2.